The molecule has 2 heterocycles. The third kappa shape index (κ3) is 2.27. The van der Waals surface area contributed by atoms with E-state index in [1.807, 2.05) is 17.3 Å². The van der Waals surface area contributed by atoms with Crippen LogP contribution in [0.5, 0.6) is 0 Å². The molecule has 2 aromatic rings. The maximum atomic E-state index is 13.0. The second-order valence-electron chi connectivity index (χ2n) is 3.88. The van der Waals surface area contributed by atoms with E-state index >= 15 is 0 Å². The van der Waals surface area contributed by atoms with Crippen LogP contribution in [0.4, 0.5) is 4.39 Å². The third-order valence-electron chi connectivity index (χ3n) is 2.56. The Kier molecular flexibility index (Phi) is 2.83. The summed E-state index contributed by atoms with van der Waals surface area (Å²) in [4.78, 5) is 1.88. The lowest BCUT2D eigenvalue weighted by Crippen LogP contribution is -2.29. The molecule has 18 heavy (non-hydrogen) atoms. The van der Waals surface area contributed by atoms with Crippen LogP contribution in [0.3, 0.4) is 0 Å². The van der Waals surface area contributed by atoms with Crippen LogP contribution in [-0.2, 0) is 0 Å². The molecule has 1 aromatic heterocycles. The standard InChI is InChI=1S/C14H9FN2S/c15-13-3-1-2-11(8-13)4-6-17-7-5-14-12(10-17)9-16-18-14/h1-3,5,8-10H,7H2. The summed E-state index contributed by atoms with van der Waals surface area (Å²) in [5, 5.41) is 1.08. The van der Waals surface area contributed by atoms with E-state index in [2.05, 4.69) is 22.4 Å². The summed E-state index contributed by atoms with van der Waals surface area (Å²) in [6, 6.07) is 9.30. The number of halogens is 1. The number of hydrogen-bond donors (Lipinski definition) is 0. The Morgan fingerprint density at radius 3 is 3.22 bits per heavy atom. The molecule has 0 unspecified atom stereocenters. The molecule has 2 nitrogen and oxygen atoms in total. The minimum atomic E-state index is -0.264. The predicted octanol–water partition coefficient (Wildman–Crippen LogP) is 1.13. The zero-order valence-corrected chi connectivity index (χ0v) is 10.2. The van der Waals surface area contributed by atoms with Crippen molar-refractivity contribution in [2.24, 2.45) is 0 Å². The van der Waals surface area contributed by atoms with E-state index in [1.165, 1.54) is 28.2 Å². The Balaban J connectivity index is 1.88. The van der Waals surface area contributed by atoms with Gasteiger partial charge in [-0.2, -0.15) is 4.37 Å². The fourth-order valence-corrected chi connectivity index (χ4v) is 2.33. The highest BCUT2D eigenvalue weighted by molar-refractivity contribution is 7.03. The summed E-state index contributed by atoms with van der Waals surface area (Å²) in [5.41, 5.74) is 0.678. The molecule has 0 atom stereocenters. The van der Waals surface area contributed by atoms with E-state index in [4.69, 9.17) is 0 Å². The normalized spacial score (nSPS) is 12.8. The van der Waals surface area contributed by atoms with E-state index in [9.17, 15) is 4.39 Å². The maximum absolute atomic E-state index is 13.0. The summed E-state index contributed by atoms with van der Waals surface area (Å²) in [6.45, 7) is 0.734. The zero-order chi connectivity index (χ0) is 12.4. The van der Waals surface area contributed by atoms with Gasteiger partial charge in [0.2, 0.25) is 0 Å². The van der Waals surface area contributed by atoms with Crippen molar-refractivity contribution in [2.45, 2.75) is 0 Å². The molecule has 88 valence electrons. The molecule has 0 fully saturated rings. The first-order valence-corrected chi connectivity index (χ1v) is 6.25. The second kappa shape index (κ2) is 4.63. The first kappa shape index (κ1) is 11.0. The van der Waals surface area contributed by atoms with Crippen molar-refractivity contribution in [1.29, 1.82) is 0 Å². The topological polar surface area (TPSA) is 16.1 Å². The quantitative estimate of drug-likeness (QED) is 0.657. The zero-order valence-electron chi connectivity index (χ0n) is 9.43. The van der Waals surface area contributed by atoms with Crippen LogP contribution in [0.2, 0.25) is 0 Å². The minimum absolute atomic E-state index is 0.264. The molecule has 0 amide bonds. The summed E-state index contributed by atoms with van der Waals surface area (Å²) < 4.78 is 18.3. The van der Waals surface area contributed by atoms with E-state index < -0.39 is 0 Å². The second-order valence-corrected chi connectivity index (χ2v) is 4.71. The van der Waals surface area contributed by atoms with Gasteiger partial charge in [-0.1, -0.05) is 6.07 Å². The van der Waals surface area contributed by atoms with Gasteiger partial charge in [-0.05, 0) is 41.7 Å². The Labute approximate surface area is 108 Å². The largest absolute Gasteiger partial charge is 0.304 e. The monoisotopic (exact) mass is 256 g/mol. The molecule has 0 spiro atoms. The lowest BCUT2D eigenvalue weighted by atomic mass is 10.2. The lowest BCUT2D eigenvalue weighted by molar-refractivity contribution is 0.627. The van der Waals surface area contributed by atoms with E-state index in [0.29, 0.717) is 5.56 Å². The number of hydrogen-bond acceptors (Lipinski definition) is 3. The van der Waals surface area contributed by atoms with Gasteiger partial charge in [0.25, 0.3) is 0 Å². The van der Waals surface area contributed by atoms with Crippen LogP contribution in [-0.4, -0.2) is 15.8 Å². The number of fused-ring (bicyclic) bond motifs is 1. The smallest absolute Gasteiger partial charge is 0.124 e. The average Bonchev–Trinajstić information content (AvgIpc) is 2.84. The van der Waals surface area contributed by atoms with Crippen molar-refractivity contribution in [1.82, 2.24) is 9.27 Å². The highest BCUT2D eigenvalue weighted by Gasteiger charge is 2.00. The van der Waals surface area contributed by atoms with Crippen LogP contribution in [0.25, 0.3) is 12.3 Å². The molecule has 0 bridgehead atoms. The molecular weight excluding hydrogens is 247 g/mol. The van der Waals surface area contributed by atoms with Crippen LogP contribution < -0.4 is 9.75 Å². The average molecular weight is 256 g/mol. The molecule has 4 heteroatoms. The summed E-state index contributed by atoms with van der Waals surface area (Å²) in [5.74, 6) is 2.68. The lowest BCUT2D eigenvalue weighted by Gasteiger charge is -2.10. The predicted molar refractivity (Wildman–Crippen MR) is 70.3 cm³/mol. The first-order valence-electron chi connectivity index (χ1n) is 5.48. The van der Waals surface area contributed by atoms with Crippen LogP contribution in [0.15, 0.2) is 30.5 Å². The van der Waals surface area contributed by atoms with Gasteiger partial charge in [-0.25, -0.2) is 4.39 Å². The molecule has 1 aliphatic rings. The van der Waals surface area contributed by atoms with E-state index in [1.54, 1.807) is 12.1 Å². The van der Waals surface area contributed by atoms with Crippen molar-refractivity contribution in [2.75, 3.05) is 6.54 Å². The number of rotatable bonds is 0. The van der Waals surface area contributed by atoms with Gasteiger partial charge in [0, 0.05) is 23.0 Å². The van der Waals surface area contributed by atoms with Crippen LogP contribution in [0.1, 0.15) is 5.56 Å². The van der Waals surface area contributed by atoms with Gasteiger partial charge in [-0.3, -0.25) is 0 Å². The highest BCUT2D eigenvalue weighted by Crippen LogP contribution is 2.02. The molecule has 0 saturated heterocycles. The minimum Gasteiger partial charge on any atom is -0.304 e. The fraction of sp³-hybridized carbons (Fsp3) is 0.0714. The van der Waals surface area contributed by atoms with E-state index in [-0.39, 0.29) is 5.82 Å². The van der Waals surface area contributed by atoms with Crippen molar-refractivity contribution >= 4 is 23.8 Å². The van der Waals surface area contributed by atoms with Gasteiger partial charge in [-0.15, -0.1) is 0 Å². The molecule has 0 radical (unpaired) electrons. The molecule has 0 N–H and O–H groups in total. The van der Waals surface area contributed by atoms with Crippen LogP contribution in [0, 0.1) is 17.8 Å². The molecule has 0 aliphatic carbocycles. The Bertz CT molecular complexity index is 752. The number of nitrogens with zero attached hydrogens (tertiary/aromatic N) is 2. The molecule has 0 saturated carbocycles. The van der Waals surface area contributed by atoms with Crippen molar-refractivity contribution in [3.05, 3.63) is 51.6 Å². The van der Waals surface area contributed by atoms with Crippen molar-refractivity contribution < 1.29 is 4.39 Å². The summed E-state index contributed by atoms with van der Waals surface area (Å²) >= 11 is 1.48. The first-order chi connectivity index (χ1) is 8.81. The van der Waals surface area contributed by atoms with Gasteiger partial charge < -0.3 is 4.90 Å². The SMILES string of the molecule is Fc1cccc(C#CN2C=c3cnsc3=CC2)c1. The Morgan fingerprint density at radius 1 is 1.39 bits per heavy atom. The Hall–Kier alpha value is -2.12. The maximum Gasteiger partial charge on any atom is 0.124 e. The third-order valence-corrected chi connectivity index (χ3v) is 3.37. The van der Waals surface area contributed by atoms with Gasteiger partial charge in [0.05, 0.1) is 17.3 Å². The fourth-order valence-electron chi connectivity index (χ4n) is 1.69. The van der Waals surface area contributed by atoms with Gasteiger partial charge in [0.15, 0.2) is 0 Å². The Morgan fingerprint density at radius 2 is 2.33 bits per heavy atom. The molecule has 3 rings (SSSR count). The summed E-state index contributed by atoms with van der Waals surface area (Å²) in [6.07, 6.45) is 5.88. The number of aromatic nitrogens is 1. The molecule has 1 aromatic carbocycles. The number of benzene rings is 1. The molecular formula is C14H9FN2S. The van der Waals surface area contributed by atoms with Gasteiger partial charge >= 0.3 is 0 Å². The van der Waals surface area contributed by atoms with Crippen LogP contribution >= 0.6 is 11.5 Å². The van der Waals surface area contributed by atoms with E-state index in [0.717, 1.165) is 11.8 Å². The highest BCUT2D eigenvalue weighted by atomic mass is 32.1. The van der Waals surface area contributed by atoms with Crippen molar-refractivity contribution in [3.63, 3.8) is 0 Å². The molecule has 1 aliphatic heterocycles. The summed E-state index contributed by atoms with van der Waals surface area (Å²) in [7, 11) is 0. The van der Waals surface area contributed by atoms with Crippen molar-refractivity contribution in [3.8, 4) is 12.0 Å². The van der Waals surface area contributed by atoms with Gasteiger partial charge in [0.1, 0.15) is 5.82 Å².